The van der Waals surface area contributed by atoms with Gasteiger partial charge in [0.1, 0.15) is 6.61 Å². The van der Waals surface area contributed by atoms with Gasteiger partial charge in [0.25, 0.3) is 0 Å². The second-order valence-electron chi connectivity index (χ2n) is 6.59. The number of carbonyl (C=O) groups is 2. The topological polar surface area (TPSA) is 108 Å². The van der Waals surface area contributed by atoms with Crippen molar-refractivity contribution < 1.29 is 33.3 Å². The van der Waals surface area contributed by atoms with Crippen molar-refractivity contribution in [3.8, 4) is 0 Å². The van der Waals surface area contributed by atoms with Crippen LogP contribution in [0.2, 0.25) is 0 Å². The van der Waals surface area contributed by atoms with Crippen LogP contribution in [0.3, 0.4) is 0 Å². The highest BCUT2D eigenvalue weighted by molar-refractivity contribution is 5.77. The van der Waals surface area contributed by atoms with E-state index in [-0.39, 0.29) is 18.4 Å². The van der Waals surface area contributed by atoms with Crippen molar-refractivity contribution in [1.29, 1.82) is 0 Å². The van der Waals surface area contributed by atoms with E-state index in [1.54, 1.807) is 7.11 Å². The molecule has 178 valence electrons. The molecule has 0 aliphatic carbocycles. The first-order valence-corrected chi connectivity index (χ1v) is 10.6. The average molecular weight is 436 g/mol. The first-order valence-electron chi connectivity index (χ1n) is 10.6. The van der Waals surface area contributed by atoms with Crippen LogP contribution in [0.5, 0.6) is 0 Å². The summed E-state index contributed by atoms with van der Waals surface area (Å²) in [5.41, 5.74) is 0. The van der Waals surface area contributed by atoms with Gasteiger partial charge in [-0.3, -0.25) is 9.59 Å². The number of hydrogen-bond acceptors (Lipinski definition) is 8. The number of rotatable bonds is 22. The molecule has 2 amide bonds. The minimum atomic E-state index is -0.177. The fourth-order valence-electron chi connectivity index (χ4n) is 2.29. The maximum absolute atomic E-state index is 11.5. The van der Waals surface area contributed by atoms with E-state index >= 15 is 0 Å². The molecule has 0 aliphatic heterocycles. The van der Waals surface area contributed by atoms with Crippen LogP contribution in [0, 0.1) is 0 Å². The lowest BCUT2D eigenvalue weighted by Crippen LogP contribution is -2.31. The van der Waals surface area contributed by atoms with Gasteiger partial charge in [0.05, 0.1) is 52.9 Å². The van der Waals surface area contributed by atoms with Gasteiger partial charge in [-0.05, 0) is 26.9 Å². The molecule has 0 heterocycles. The van der Waals surface area contributed by atoms with E-state index in [0.29, 0.717) is 72.4 Å². The Labute approximate surface area is 180 Å². The predicted octanol–water partition coefficient (Wildman–Crippen LogP) is -0.336. The molecule has 0 aromatic carbocycles. The highest BCUT2D eigenvalue weighted by Crippen LogP contribution is 1.93. The Kier molecular flexibility index (Phi) is 21.4. The predicted molar refractivity (Wildman–Crippen MR) is 114 cm³/mol. The lowest BCUT2D eigenvalue weighted by molar-refractivity contribution is -0.126. The van der Waals surface area contributed by atoms with Gasteiger partial charge in [0.2, 0.25) is 11.8 Å². The molecule has 0 fully saturated rings. The van der Waals surface area contributed by atoms with Gasteiger partial charge < -0.3 is 39.2 Å². The molecule has 2 N–H and O–H groups in total. The van der Waals surface area contributed by atoms with Crippen LogP contribution < -0.4 is 10.6 Å². The minimum absolute atomic E-state index is 0.00434. The molecule has 30 heavy (non-hydrogen) atoms. The summed E-state index contributed by atoms with van der Waals surface area (Å²) in [5.74, 6) is -0.0731. The third kappa shape index (κ3) is 21.4. The van der Waals surface area contributed by atoms with Crippen molar-refractivity contribution in [2.75, 3.05) is 99.8 Å². The van der Waals surface area contributed by atoms with Crippen LogP contribution in [0.25, 0.3) is 0 Å². The Morgan fingerprint density at radius 2 is 1.40 bits per heavy atom. The number of carbonyl (C=O) groups excluding carboxylic acids is 2. The Morgan fingerprint density at radius 3 is 2.10 bits per heavy atom. The molecule has 0 spiro atoms. The molecule has 0 rings (SSSR count). The second-order valence-corrected chi connectivity index (χ2v) is 6.59. The van der Waals surface area contributed by atoms with Crippen LogP contribution >= 0.6 is 0 Å². The van der Waals surface area contributed by atoms with Crippen molar-refractivity contribution in [3.63, 3.8) is 0 Å². The molecule has 0 aliphatic rings. The lowest BCUT2D eigenvalue weighted by Gasteiger charge is -2.16. The monoisotopic (exact) mass is 435 g/mol. The lowest BCUT2D eigenvalue weighted by atomic mass is 10.3. The number of amides is 2. The Balaban J connectivity index is 3.28. The fraction of sp³-hybridized carbons (Fsp3) is 0.900. The van der Waals surface area contributed by atoms with E-state index in [4.69, 9.17) is 23.7 Å². The molecular weight excluding hydrogens is 394 g/mol. The summed E-state index contributed by atoms with van der Waals surface area (Å²) in [4.78, 5) is 25.0. The SMILES string of the molecule is CCNC(=O)CCCN(C)CCOCCOCCOCC(=O)NCCOCCOC. The van der Waals surface area contributed by atoms with Crippen LogP contribution in [0.4, 0.5) is 0 Å². The normalized spacial score (nSPS) is 11.1. The van der Waals surface area contributed by atoms with Crippen molar-refractivity contribution in [2.24, 2.45) is 0 Å². The van der Waals surface area contributed by atoms with Crippen LogP contribution in [0.15, 0.2) is 0 Å². The molecule has 0 bridgehead atoms. The van der Waals surface area contributed by atoms with Gasteiger partial charge in [-0.25, -0.2) is 0 Å². The van der Waals surface area contributed by atoms with Gasteiger partial charge in [0, 0.05) is 33.2 Å². The quantitative estimate of drug-likeness (QED) is 0.223. The third-order valence-electron chi connectivity index (χ3n) is 3.91. The summed E-state index contributed by atoms with van der Waals surface area (Å²) in [5, 5.41) is 5.50. The molecule has 0 atom stereocenters. The number of likely N-dealkylation sites (N-methyl/N-ethyl adjacent to an activating group) is 1. The molecule has 0 saturated carbocycles. The molecule has 0 aromatic heterocycles. The van der Waals surface area contributed by atoms with Gasteiger partial charge in [0.15, 0.2) is 0 Å². The van der Waals surface area contributed by atoms with Crippen molar-refractivity contribution in [2.45, 2.75) is 19.8 Å². The largest absolute Gasteiger partial charge is 0.382 e. The first-order chi connectivity index (χ1) is 14.6. The van der Waals surface area contributed by atoms with Crippen LogP contribution in [0.1, 0.15) is 19.8 Å². The molecule has 0 radical (unpaired) electrons. The summed E-state index contributed by atoms with van der Waals surface area (Å²) < 4.78 is 26.3. The molecule has 0 aromatic rings. The van der Waals surface area contributed by atoms with E-state index in [2.05, 4.69) is 15.5 Å². The van der Waals surface area contributed by atoms with Gasteiger partial charge in [-0.15, -0.1) is 0 Å². The molecular formula is C20H41N3O7. The minimum Gasteiger partial charge on any atom is -0.382 e. The Morgan fingerprint density at radius 1 is 0.767 bits per heavy atom. The van der Waals surface area contributed by atoms with Crippen molar-refractivity contribution >= 4 is 11.8 Å². The summed E-state index contributed by atoms with van der Waals surface area (Å²) in [6.07, 6.45) is 1.39. The third-order valence-corrected chi connectivity index (χ3v) is 3.91. The summed E-state index contributed by atoms with van der Waals surface area (Å²) in [7, 11) is 3.62. The van der Waals surface area contributed by atoms with E-state index < -0.39 is 0 Å². The second kappa shape index (κ2) is 22.4. The summed E-state index contributed by atoms with van der Waals surface area (Å²) in [6, 6.07) is 0. The number of hydrogen-bond donors (Lipinski definition) is 2. The first kappa shape index (κ1) is 28.7. The van der Waals surface area contributed by atoms with E-state index in [1.165, 1.54) is 0 Å². The molecule has 10 nitrogen and oxygen atoms in total. The van der Waals surface area contributed by atoms with Crippen LogP contribution in [-0.2, 0) is 33.3 Å². The standard InChI is InChI=1S/C20H41N3O7/c1-4-21-19(24)6-5-8-23(2)9-11-28-14-15-29-16-17-30-18-20(25)22-7-10-27-13-12-26-3/h4-18H2,1-3H3,(H,21,24)(H,22,25). The zero-order valence-electron chi connectivity index (χ0n) is 18.9. The highest BCUT2D eigenvalue weighted by atomic mass is 16.5. The fourth-order valence-corrected chi connectivity index (χ4v) is 2.29. The molecule has 0 unspecified atom stereocenters. The Hall–Kier alpha value is -1.30. The summed E-state index contributed by atoms with van der Waals surface area (Å²) in [6.45, 7) is 8.60. The summed E-state index contributed by atoms with van der Waals surface area (Å²) >= 11 is 0. The van der Waals surface area contributed by atoms with Gasteiger partial charge >= 0.3 is 0 Å². The highest BCUT2D eigenvalue weighted by Gasteiger charge is 2.03. The van der Waals surface area contributed by atoms with Gasteiger partial charge in [-0.2, -0.15) is 0 Å². The zero-order chi connectivity index (χ0) is 22.3. The maximum Gasteiger partial charge on any atom is 0.246 e. The number of nitrogens with zero attached hydrogens (tertiary/aromatic N) is 1. The van der Waals surface area contributed by atoms with Crippen LogP contribution in [-0.4, -0.2) is 117 Å². The van der Waals surface area contributed by atoms with E-state index in [9.17, 15) is 9.59 Å². The number of ether oxygens (including phenoxy) is 5. The Bertz CT molecular complexity index is 414. The molecule has 10 heteroatoms. The zero-order valence-corrected chi connectivity index (χ0v) is 18.9. The van der Waals surface area contributed by atoms with Gasteiger partial charge in [-0.1, -0.05) is 0 Å². The number of nitrogens with one attached hydrogen (secondary N) is 2. The maximum atomic E-state index is 11.5. The average Bonchev–Trinajstić information content (AvgIpc) is 2.72. The van der Waals surface area contributed by atoms with Crippen molar-refractivity contribution in [3.05, 3.63) is 0 Å². The van der Waals surface area contributed by atoms with E-state index in [0.717, 1.165) is 19.5 Å². The smallest absolute Gasteiger partial charge is 0.246 e. The van der Waals surface area contributed by atoms with Crippen molar-refractivity contribution in [1.82, 2.24) is 15.5 Å². The molecule has 0 saturated heterocycles. The number of methoxy groups -OCH3 is 1. The van der Waals surface area contributed by atoms with E-state index in [1.807, 2.05) is 14.0 Å².